The van der Waals surface area contributed by atoms with Gasteiger partial charge in [0.05, 0.1) is 14.2 Å². The molecule has 3 rings (SSSR count). The van der Waals surface area contributed by atoms with Crippen molar-refractivity contribution in [2.24, 2.45) is 0 Å². The molecule has 0 aromatic heterocycles. The molecule has 0 aliphatic rings. The van der Waals surface area contributed by atoms with Crippen molar-refractivity contribution >= 4 is 17.3 Å². The van der Waals surface area contributed by atoms with Crippen LogP contribution >= 0.6 is 0 Å². The number of benzene rings is 3. The van der Waals surface area contributed by atoms with Crippen LogP contribution in [0, 0.1) is 0 Å². The first-order valence-electron chi connectivity index (χ1n) is 9.27. The molecular formula is C24H25NO3. The number of rotatable bonds is 7. The number of ether oxygens (including phenoxy) is 2. The first-order valence-corrected chi connectivity index (χ1v) is 9.27. The lowest BCUT2D eigenvalue weighted by Gasteiger charge is -2.21. The van der Waals surface area contributed by atoms with Gasteiger partial charge in [0.25, 0.3) is 0 Å². The van der Waals surface area contributed by atoms with E-state index in [1.165, 1.54) is 5.56 Å². The molecule has 0 aliphatic carbocycles. The van der Waals surface area contributed by atoms with Gasteiger partial charge in [0.1, 0.15) is 11.5 Å². The van der Waals surface area contributed by atoms with Gasteiger partial charge < -0.3 is 9.47 Å². The van der Waals surface area contributed by atoms with Gasteiger partial charge in [-0.05, 0) is 60.4 Å². The van der Waals surface area contributed by atoms with Gasteiger partial charge in [-0.2, -0.15) is 0 Å². The van der Waals surface area contributed by atoms with Crippen LogP contribution in [0.3, 0.4) is 0 Å². The molecule has 0 aliphatic heterocycles. The Bertz CT molecular complexity index is 898. The Morgan fingerprint density at radius 2 is 1.29 bits per heavy atom. The molecule has 4 heteroatoms. The Morgan fingerprint density at radius 1 is 0.750 bits per heavy atom. The second kappa shape index (κ2) is 9.09. The summed E-state index contributed by atoms with van der Waals surface area (Å²) in [5.41, 5.74) is 4.11. The SMILES string of the molecule is COc1cc(CCc2ccc(N(C(C)=O)c3ccccc3)cc2)cc(OC)c1. The van der Waals surface area contributed by atoms with Gasteiger partial charge in [0.15, 0.2) is 0 Å². The van der Waals surface area contributed by atoms with E-state index in [-0.39, 0.29) is 5.91 Å². The largest absolute Gasteiger partial charge is 0.497 e. The quantitative estimate of drug-likeness (QED) is 0.572. The van der Waals surface area contributed by atoms with E-state index >= 15 is 0 Å². The molecule has 28 heavy (non-hydrogen) atoms. The standard InChI is InChI=1S/C24H25NO3/c1-18(26)25(21-7-5-4-6-8-21)22-13-11-19(12-14-22)9-10-20-15-23(27-2)17-24(16-20)28-3/h4-8,11-17H,9-10H2,1-3H3. The first kappa shape index (κ1) is 19.5. The Morgan fingerprint density at radius 3 is 1.82 bits per heavy atom. The highest BCUT2D eigenvalue weighted by atomic mass is 16.5. The summed E-state index contributed by atoms with van der Waals surface area (Å²) in [6, 6.07) is 23.8. The predicted octanol–water partition coefficient (Wildman–Crippen LogP) is 5.17. The minimum absolute atomic E-state index is 0.0116. The molecule has 0 N–H and O–H groups in total. The molecule has 0 saturated carbocycles. The first-order chi connectivity index (χ1) is 13.6. The monoisotopic (exact) mass is 375 g/mol. The molecule has 3 aromatic carbocycles. The number of nitrogens with zero attached hydrogens (tertiary/aromatic N) is 1. The van der Waals surface area contributed by atoms with Crippen LogP contribution in [0.4, 0.5) is 11.4 Å². The predicted molar refractivity (Wildman–Crippen MR) is 113 cm³/mol. The van der Waals surface area contributed by atoms with Crippen molar-refractivity contribution in [1.29, 1.82) is 0 Å². The Balaban J connectivity index is 1.73. The van der Waals surface area contributed by atoms with Crippen molar-refractivity contribution < 1.29 is 14.3 Å². The average molecular weight is 375 g/mol. The highest BCUT2D eigenvalue weighted by Gasteiger charge is 2.13. The van der Waals surface area contributed by atoms with E-state index in [4.69, 9.17) is 9.47 Å². The molecule has 3 aromatic rings. The van der Waals surface area contributed by atoms with Gasteiger partial charge in [0.2, 0.25) is 5.91 Å². The fraction of sp³-hybridized carbons (Fsp3) is 0.208. The molecule has 0 unspecified atom stereocenters. The number of hydrogen-bond acceptors (Lipinski definition) is 3. The molecule has 0 saturated heterocycles. The molecule has 0 atom stereocenters. The molecule has 1 amide bonds. The zero-order valence-corrected chi connectivity index (χ0v) is 16.5. The zero-order valence-electron chi connectivity index (χ0n) is 16.5. The summed E-state index contributed by atoms with van der Waals surface area (Å²) >= 11 is 0. The summed E-state index contributed by atoms with van der Waals surface area (Å²) < 4.78 is 10.7. The lowest BCUT2D eigenvalue weighted by Crippen LogP contribution is -2.22. The second-order valence-corrected chi connectivity index (χ2v) is 6.58. The summed E-state index contributed by atoms with van der Waals surface area (Å²) in [7, 11) is 3.32. The number of para-hydroxylation sites is 1. The third-order valence-electron chi connectivity index (χ3n) is 4.64. The third-order valence-corrected chi connectivity index (χ3v) is 4.64. The van der Waals surface area contributed by atoms with Gasteiger partial charge in [0, 0.05) is 24.4 Å². The van der Waals surface area contributed by atoms with Gasteiger partial charge in [-0.3, -0.25) is 9.69 Å². The fourth-order valence-corrected chi connectivity index (χ4v) is 3.20. The Hall–Kier alpha value is -3.27. The summed E-state index contributed by atoms with van der Waals surface area (Å²) in [5.74, 6) is 1.58. The second-order valence-electron chi connectivity index (χ2n) is 6.58. The minimum atomic E-state index is -0.0116. The van der Waals surface area contributed by atoms with E-state index in [0.717, 1.165) is 41.3 Å². The highest BCUT2D eigenvalue weighted by molar-refractivity contribution is 5.98. The normalized spacial score (nSPS) is 10.4. The average Bonchev–Trinajstić information content (AvgIpc) is 2.73. The number of amides is 1. The van der Waals surface area contributed by atoms with Crippen molar-refractivity contribution in [3.05, 3.63) is 83.9 Å². The van der Waals surface area contributed by atoms with Gasteiger partial charge in [-0.25, -0.2) is 0 Å². The van der Waals surface area contributed by atoms with Crippen molar-refractivity contribution in [1.82, 2.24) is 0 Å². The van der Waals surface area contributed by atoms with Crippen LogP contribution in [0.15, 0.2) is 72.8 Å². The smallest absolute Gasteiger partial charge is 0.228 e. The Kier molecular flexibility index (Phi) is 6.33. The minimum Gasteiger partial charge on any atom is -0.497 e. The lowest BCUT2D eigenvalue weighted by atomic mass is 10.0. The van der Waals surface area contributed by atoms with Crippen LogP contribution in [-0.2, 0) is 17.6 Å². The number of hydrogen-bond donors (Lipinski definition) is 0. The van der Waals surface area contributed by atoms with E-state index in [1.807, 2.05) is 60.7 Å². The van der Waals surface area contributed by atoms with Gasteiger partial charge in [-0.1, -0.05) is 30.3 Å². The van der Waals surface area contributed by atoms with Crippen molar-refractivity contribution in [2.45, 2.75) is 19.8 Å². The number of methoxy groups -OCH3 is 2. The van der Waals surface area contributed by atoms with Crippen LogP contribution in [0.5, 0.6) is 11.5 Å². The van der Waals surface area contributed by atoms with Gasteiger partial charge >= 0.3 is 0 Å². The maximum atomic E-state index is 12.2. The van der Waals surface area contributed by atoms with Crippen LogP contribution in [0.25, 0.3) is 0 Å². The summed E-state index contributed by atoms with van der Waals surface area (Å²) in [4.78, 5) is 13.9. The van der Waals surface area contributed by atoms with E-state index in [9.17, 15) is 4.79 Å². The van der Waals surface area contributed by atoms with Crippen LogP contribution in [0.2, 0.25) is 0 Å². The number of anilines is 2. The van der Waals surface area contributed by atoms with Gasteiger partial charge in [-0.15, -0.1) is 0 Å². The molecular weight excluding hydrogens is 350 g/mol. The van der Waals surface area contributed by atoms with E-state index in [1.54, 1.807) is 26.0 Å². The molecule has 0 fully saturated rings. The number of carbonyl (C=O) groups excluding carboxylic acids is 1. The Labute approximate surface area is 166 Å². The maximum Gasteiger partial charge on any atom is 0.228 e. The van der Waals surface area contributed by atoms with Crippen molar-refractivity contribution in [3.8, 4) is 11.5 Å². The fourth-order valence-electron chi connectivity index (χ4n) is 3.20. The molecule has 4 nitrogen and oxygen atoms in total. The van der Waals surface area contributed by atoms with E-state index in [2.05, 4.69) is 12.1 Å². The van der Waals surface area contributed by atoms with E-state index < -0.39 is 0 Å². The topological polar surface area (TPSA) is 38.8 Å². The third kappa shape index (κ3) is 4.71. The van der Waals surface area contributed by atoms with Crippen LogP contribution in [-0.4, -0.2) is 20.1 Å². The number of aryl methyl sites for hydroxylation is 2. The van der Waals surface area contributed by atoms with E-state index in [0.29, 0.717) is 0 Å². The number of carbonyl (C=O) groups is 1. The van der Waals surface area contributed by atoms with Crippen molar-refractivity contribution in [3.63, 3.8) is 0 Å². The highest BCUT2D eigenvalue weighted by Crippen LogP contribution is 2.27. The zero-order chi connectivity index (χ0) is 19.9. The molecule has 144 valence electrons. The lowest BCUT2D eigenvalue weighted by molar-refractivity contribution is -0.115. The summed E-state index contributed by atoms with van der Waals surface area (Å²) in [6.45, 7) is 1.58. The van der Waals surface area contributed by atoms with Crippen LogP contribution in [0.1, 0.15) is 18.1 Å². The molecule has 0 radical (unpaired) electrons. The summed E-state index contributed by atoms with van der Waals surface area (Å²) in [6.07, 6.45) is 1.77. The molecule has 0 spiro atoms. The summed E-state index contributed by atoms with van der Waals surface area (Å²) in [5, 5.41) is 0. The maximum absolute atomic E-state index is 12.2. The van der Waals surface area contributed by atoms with Crippen molar-refractivity contribution in [2.75, 3.05) is 19.1 Å². The van der Waals surface area contributed by atoms with Crippen LogP contribution < -0.4 is 14.4 Å². The molecule has 0 bridgehead atoms. The molecule has 0 heterocycles.